The van der Waals surface area contributed by atoms with Crippen molar-refractivity contribution >= 4 is 5.78 Å². The van der Waals surface area contributed by atoms with Gasteiger partial charge in [0, 0.05) is 23.8 Å². The van der Waals surface area contributed by atoms with Crippen LogP contribution in [-0.2, 0) is 0 Å². The van der Waals surface area contributed by atoms with E-state index < -0.39 is 11.6 Å². The summed E-state index contributed by atoms with van der Waals surface area (Å²) in [7, 11) is 0. The molecule has 4 nitrogen and oxygen atoms in total. The summed E-state index contributed by atoms with van der Waals surface area (Å²) in [4.78, 5) is 12.0. The van der Waals surface area contributed by atoms with Gasteiger partial charge in [0.15, 0.2) is 23.9 Å². The standard InChI is InChI=1S/C15H10F2O4/c16-10-4-11(17)6-12(5-10)19-7-13(18)9-1-2-14-15(3-9)21-8-20-14/h1-6H,7-8H2. The maximum absolute atomic E-state index is 13.0. The quantitative estimate of drug-likeness (QED) is 0.813. The fraction of sp³-hybridized carbons (Fsp3) is 0.133. The highest BCUT2D eigenvalue weighted by atomic mass is 19.1. The van der Waals surface area contributed by atoms with Crippen molar-refractivity contribution in [1.82, 2.24) is 0 Å². The van der Waals surface area contributed by atoms with E-state index in [4.69, 9.17) is 14.2 Å². The number of rotatable bonds is 4. The number of fused-ring (bicyclic) bond motifs is 1. The number of benzene rings is 2. The molecule has 0 saturated heterocycles. The summed E-state index contributed by atoms with van der Waals surface area (Å²) in [6, 6.07) is 7.49. The predicted octanol–water partition coefficient (Wildman–Crippen LogP) is 2.96. The first-order valence-corrected chi connectivity index (χ1v) is 6.13. The second-order valence-electron chi connectivity index (χ2n) is 4.39. The molecule has 0 radical (unpaired) electrons. The van der Waals surface area contributed by atoms with E-state index in [0.29, 0.717) is 17.1 Å². The number of carbonyl (C=O) groups is 1. The molecule has 108 valence electrons. The Morgan fingerprint density at radius 3 is 2.52 bits per heavy atom. The number of hydrogen-bond acceptors (Lipinski definition) is 4. The maximum atomic E-state index is 13.0. The lowest BCUT2D eigenvalue weighted by molar-refractivity contribution is 0.0920. The largest absolute Gasteiger partial charge is 0.485 e. The van der Waals surface area contributed by atoms with Crippen LogP contribution in [0.1, 0.15) is 10.4 Å². The minimum absolute atomic E-state index is 0.0402. The Bertz CT molecular complexity index is 680. The number of carbonyl (C=O) groups excluding carboxylic acids is 1. The van der Waals surface area contributed by atoms with Gasteiger partial charge in [-0.1, -0.05) is 0 Å². The molecule has 0 unspecified atom stereocenters. The molecular formula is C15H10F2O4. The summed E-state index contributed by atoms with van der Waals surface area (Å²) in [5.74, 6) is -0.849. The molecule has 0 saturated carbocycles. The number of ether oxygens (including phenoxy) is 3. The summed E-state index contributed by atoms with van der Waals surface area (Å²) in [6.07, 6.45) is 0. The molecule has 0 atom stereocenters. The van der Waals surface area contributed by atoms with E-state index >= 15 is 0 Å². The van der Waals surface area contributed by atoms with Gasteiger partial charge in [0.05, 0.1) is 0 Å². The van der Waals surface area contributed by atoms with Crippen LogP contribution in [0.5, 0.6) is 17.2 Å². The topological polar surface area (TPSA) is 44.8 Å². The molecule has 2 aromatic carbocycles. The maximum Gasteiger partial charge on any atom is 0.231 e. The minimum atomic E-state index is -0.763. The van der Waals surface area contributed by atoms with E-state index in [1.54, 1.807) is 18.2 Å². The Labute approximate surface area is 118 Å². The molecule has 0 aromatic heterocycles. The molecule has 1 aliphatic rings. The second-order valence-corrected chi connectivity index (χ2v) is 4.39. The van der Waals surface area contributed by atoms with Crippen molar-refractivity contribution in [3.8, 4) is 17.2 Å². The van der Waals surface area contributed by atoms with Gasteiger partial charge in [-0.3, -0.25) is 4.79 Å². The van der Waals surface area contributed by atoms with Gasteiger partial charge in [-0.15, -0.1) is 0 Å². The Morgan fingerprint density at radius 1 is 1.05 bits per heavy atom. The average molecular weight is 292 g/mol. The van der Waals surface area contributed by atoms with Gasteiger partial charge in [-0.05, 0) is 18.2 Å². The highest BCUT2D eigenvalue weighted by Gasteiger charge is 2.16. The molecule has 2 aromatic rings. The average Bonchev–Trinajstić information content (AvgIpc) is 2.91. The third-order valence-electron chi connectivity index (χ3n) is 2.90. The molecule has 0 N–H and O–H groups in total. The SMILES string of the molecule is O=C(COc1cc(F)cc(F)c1)c1ccc2c(c1)OCO2. The molecule has 1 heterocycles. The molecule has 0 spiro atoms. The summed E-state index contributed by atoms with van der Waals surface area (Å²) >= 11 is 0. The normalized spacial score (nSPS) is 12.3. The van der Waals surface area contributed by atoms with Gasteiger partial charge >= 0.3 is 0 Å². The predicted molar refractivity (Wildman–Crippen MR) is 68.7 cm³/mol. The van der Waals surface area contributed by atoms with Crippen molar-refractivity contribution in [3.63, 3.8) is 0 Å². The van der Waals surface area contributed by atoms with Crippen LogP contribution >= 0.6 is 0 Å². The number of hydrogen-bond donors (Lipinski definition) is 0. The molecule has 21 heavy (non-hydrogen) atoms. The van der Waals surface area contributed by atoms with E-state index in [1.165, 1.54) is 0 Å². The zero-order valence-electron chi connectivity index (χ0n) is 10.8. The zero-order valence-corrected chi connectivity index (χ0v) is 10.8. The van der Waals surface area contributed by atoms with Crippen molar-refractivity contribution in [3.05, 3.63) is 53.6 Å². The van der Waals surface area contributed by atoms with Gasteiger partial charge in [0.1, 0.15) is 17.4 Å². The van der Waals surface area contributed by atoms with Crippen molar-refractivity contribution in [2.45, 2.75) is 0 Å². The van der Waals surface area contributed by atoms with Crippen LogP contribution in [0, 0.1) is 11.6 Å². The Kier molecular flexibility index (Phi) is 3.43. The number of halogens is 2. The minimum Gasteiger partial charge on any atom is -0.485 e. The third-order valence-corrected chi connectivity index (χ3v) is 2.90. The van der Waals surface area contributed by atoms with E-state index in [1.807, 2.05) is 0 Å². The molecular weight excluding hydrogens is 282 g/mol. The van der Waals surface area contributed by atoms with Crippen LogP contribution in [-0.4, -0.2) is 19.2 Å². The monoisotopic (exact) mass is 292 g/mol. The van der Waals surface area contributed by atoms with Crippen molar-refractivity contribution in [2.24, 2.45) is 0 Å². The molecule has 6 heteroatoms. The highest BCUT2D eigenvalue weighted by molar-refractivity contribution is 5.97. The van der Waals surface area contributed by atoms with Crippen LogP contribution in [0.3, 0.4) is 0 Å². The van der Waals surface area contributed by atoms with Crippen molar-refractivity contribution < 1.29 is 27.8 Å². The molecule has 0 aliphatic carbocycles. The van der Waals surface area contributed by atoms with E-state index in [-0.39, 0.29) is 24.9 Å². The van der Waals surface area contributed by atoms with Gasteiger partial charge in [0.2, 0.25) is 6.79 Å². The van der Waals surface area contributed by atoms with Crippen molar-refractivity contribution in [1.29, 1.82) is 0 Å². The molecule has 3 rings (SSSR count). The van der Waals surface area contributed by atoms with Crippen LogP contribution < -0.4 is 14.2 Å². The Hall–Kier alpha value is -2.63. The lowest BCUT2D eigenvalue weighted by Crippen LogP contribution is -2.11. The first-order chi connectivity index (χ1) is 10.1. The Balaban J connectivity index is 1.69. The summed E-state index contributed by atoms with van der Waals surface area (Å²) < 4.78 is 41.4. The summed E-state index contributed by atoms with van der Waals surface area (Å²) in [6.45, 7) is -0.214. The lowest BCUT2D eigenvalue weighted by atomic mass is 10.1. The molecule has 0 amide bonds. The van der Waals surface area contributed by atoms with Gasteiger partial charge < -0.3 is 14.2 Å². The molecule has 0 bridgehead atoms. The molecule has 0 fully saturated rings. The van der Waals surface area contributed by atoms with E-state index in [9.17, 15) is 13.6 Å². The van der Waals surface area contributed by atoms with Gasteiger partial charge in [-0.25, -0.2) is 8.78 Å². The van der Waals surface area contributed by atoms with Crippen molar-refractivity contribution in [2.75, 3.05) is 13.4 Å². The lowest BCUT2D eigenvalue weighted by Gasteiger charge is -2.06. The van der Waals surface area contributed by atoms with Crippen LogP contribution in [0.4, 0.5) is 8.78 Å². The first kappa shape index (κ1) is 13.4. The Morgan fingerprint density at radius 2 is 1.76 bits per heavy atom. The second kappa shape index (κ2) is 5.40. The van der Waals surface area contributed by atoms with E-state index in [2.05, 4.69) is 0 Å². The smallest absolute Gasteiger partial charge is 0.231 e. The molecule has 1 aliphatic heterocycles. The zero-order chi connectivity index (χ0) is 14.8. The fourth-order valence-corrected chi connectivity index (χ4v) is 1.91. The number of ketones is 1. The highest BCUT2D eigenvalue weighted by Crippen LogP contribution is 2.32. The van der Waals surface area contributed by atoms with Gasteiger partial charge in [-0.2, -0.15) is 0 Å². The fourth-order valence-electron chi connectivity index (χ4n) is 1.91. The summed E-state index contributed by atoms with van der Waals surface area (Å²) in [5.41, 5.74) is 0.371. The third kappa shape index (κ3) is 2.94. The first-order valence-electron chi connectivity index (χ1n) is 6.13. The number of Topliss-reactive ketones (excluding diaryl/α,β-unsaturated/α-hetero) is 1. The summed E-state index contributed by atoms with van der Waals surface area (Å²) in [5, 5.41) is 0. The van der Waals surface area contributed by atoms with Gasteiger partial charge in [0.25, 0.3) is 0 Å². The van der Waals surface area contributed by atoms with Crippen LogP contribution in [0.15, 0.2) is 36.4 Å². The van der Waals surface area contributed by atoms with Crippen LogP contribution in [0.2, 0.25) is 0 Å². The van der Waals surface area contributed by atoms with E-state index in [0.717, 1.165) is 18.2 Å². The van der Waals surface area contributed by atoms with Crippen LogP contribution in [0.25, 0.3) is 0 Å².